The average molecular weight is 751 g/mol. The van der Waals surface area contributed by atoms with Crippen molar-refractivity contribution >= 4 is 27.8 Å². The molecule has 54 heavy (non-hydrogen) atoms. The summed E-state index contributed by atoms with van der Waals surface area (Å²) in [6.45, 7) is 8.27. The number of aliphatic hydroxyl groups excluding tert-OH is 1. The molecule has 0 heterocycles. The molecule has 0 fully saturated rings. The summed E-state index contributed by atoms with van der Waals surface area (Å²) in [6.07, 6.45) is 1.60. The maximum absolute atomic E-state index is 13.7. The Balaban J connectivity index is 1.07. The summed E-state index contributed by atoms with van der Waals surface area (Å²) in [6, 6.07) is 53.7. The lowest BCUT2D eigenvalue weighted by Gasteiger charge is -2.32. The van der Waals surface area contributed by atoms with Crippen LogP contribution in [0.3, 0.4) is 0 Å². The highest BCUT2D eigenvalue weighted by atomic mass is 32.2. The number of esters is 1. The topological polar surface area (TPSA) is 55.8 Å². The first-order valence-electron chi connectivity index (χ1n) is 18.4. The van der Waals surface area contributed by atoms with Crippen LogP contribution in [0.25, 0.3) is 0 Å². The van der Waals surface area contributed by atoms with E-state index in [1.54, 1.807) is 24.3 Å². The largest absolute Gasteiger partial charge is 0.460 e. The first-order valence-corrected chi connectivity index (χ1v) is 20.9. The Morgan fingerprint density at radius 3 is 1.65 bits per heavy atom. The second-order valence-corrected chi connectivity index (χ2v) is 18.1. The van der Waals surface area contributed by atoms with Gasteiger partial charge in [-0.2, -0.15) is 0 Å². The summed E-state index contributed by atoms with van der Waals surface area (Å²) in [4.78, 5) is 19.9. The third kappa shape index (κ3) is 8.37. The molecule has 1 aliphatic carbocycles. The summed E-state index contributed by atoms with van der Waals surface area (Å²) in [7, 11) is -0.456. The van der Waals surface area contributed by atoms with Gasteiger partial charge >= 0.3 is 5.97 Å². The number of carbonyl (C=O) groups excluding carboxylic acids is 1. The summed E-state index contributed by atoms with van der Waals surface area (Å²) >= 11 is 0. The van der Waals surface area contributed by atoms with Crippen molar-refractivity contribution in [1.29, 1.82) is 0 Å². The number of hydrogen-bond acceptors (Lipinski definition) is 4. The van der Waals surface area contributed by atoms with Crippen molar-refractivity contribution in [3.05, 3.63) is 192 Å². The van der Waals surface area contributed by atoms with Crippen molar-refractivity contribution in [1.82, 2.24) is 0 Å². The van der Waals surface area contributed by atoms with Crippen LogP contribution in [0.2, 0.25) is 0 Å². The van der Waals surface area contributed by atoms with Crippen LogP contribution in [0, 0.1) is 19.8 Å². The monoisotopic (exact) mass is 750 g/mol. The predicted octanol–water partition coefficient (Wildman–Crippen LogP) is 11.1. The fourth-order valence-electron chi connectivity index (χ4n) is 7.31. The van der Waals surface area contributed by atoms with Crippen molar-refractivity contribution < 1.29 is 19.4 Å². The van der Waals surface area contributed by atoms with E-state index in [4.69, 9.17) is 9.47 Å². The van der Waals surface area contributed by atoms with Crippen LogP contribution >= 0.6 is 0 Å². The first kappa shape index (κ1) is 37.3. The molecule has 272 valence electrons. The zero-order valence-corrected chi connectivity index (χ0v) is 32.7. The molecule has 6 heteroatoms. The molecule has 6 aromatic carbocycles. The number of hydrogen-bond donors (Lipinski definition) is 1. The molecular weight excluding hydrogens is 705 g/mol. The molecule has 0 saturated carbocycles. The highest BCUT2D eigenvalue weighted by molar-refractivity contribution is 7.97. The van der Waals surface area contributed by atoms with Gasteiger partial charge in [-0.15, -0.1) is 0 Å². The highest BCUT2D eigenvalue weighted by Crippen LogP contribution is 2.39. The minimum Gasteiger partial charge on any atom is -0.460 e. The van der Waals surface area contributed by atoms with Gasteiger partial charge in [0, 0.05) is 30.0 Å². The van der Waals surface area contributed by atoms with E-state index in [1.807, 2.05) is 26.0 Å². The SMILES string of the molecule is CC1=CC([S+](c2ccccc2)c2ccccc2)CC(C)C1OC(=O)c1cccc(C(O)Oc2c(C)cc([S+](c3ccccc3)c3ccccc3)cc2C)c1. The lowest BCUT2D eigenvalue weighted by atomic mass is 9.87. The van der Waals surface area contributed by atoms with Gasteiger partial charge in [0.2, 0.25) is 6.29 Å². The van der Waals surface area contributed by atoms with Crippen molar-refractivity contribution in [2.45, 2.75) is 76.2 Å². The van der Waals surface area contributed by atoms with Gasteiger partial charge in [0.1, 0.15) is 17.1 Å². The fourth-order valence-corrected chi connectivity index (χ4v) is 12.3. The summed E-state index contributed by atoms with van der Waals surface area (Å²) in [5.74, 6) is 0.337. The summed E-state index contributed by atoms with van der Waals surface area (Å²) < 4.78 is 12.4. The van der Waals surface area contributed by atoms with Crippen molar-refractivity contribution in [3.8, 4) is 5.75 Å². The summed E-state index contributed by atoms with van der Waals surface area (Å²) in [5.41, 5.74) is 3.78. The predicted molar refractivity (Wildman–Crippen MR) is 220 cm³/mol. The van der Waals surface area contributed by atoms with E-state index in [0.29, 0.717) is 22.1 Å². The van der Waals surface area contributed by atoms with Gasteiger partial charge in [-0.1, -0.05) is 91.9 Å². The molecular formula is C48H46O4S2+2. The highest BCUT2D eigenvalue weighted by Gasteiger charge is 2.41. The second kappa shape index (κ2) is 17.0. The van der Waals surface area contributed by atoms with Gasteiger partial charge in [-0.05, 0) is 104 Å². The number of aliphatic hydroxyl groups is 1. The molecule has 0 aromatic heterocycles. The van der Waals surface area contributed by atoms with Crippen LogP contribution in [0.4, 0.5) is 0 Å². The first-order chi connectivity index (χ1) is 26.3. The van der Waals surface area contributed by atoms with Crippen molar-refractivity contribution in [2.75, 3.05) is 0 Å². The normalized spacial score (nSPS) is 17.5. The Hall–Kier alpha value is -5.01. The lowest BCUT2D eigenvalue weighted by Crippen LogP contribution is -2.36. The molecule has 0 radical (unpaired) electrons. The molecule has 6 aromatic rings. The number of aryl methyl sites for hydroxylation is 2. The second-order valence-electron chi connectivity index (χ2n) is 13.9. The van der Waals surface area contributed by atoms with Gasteiger partial charge in [-0.3, -0.25) is 0 Å². The van der Waals surface area contributed by atoms with Gasteiger partial charge in [0.25, 0.3) is 0 Å². The Kier molecular flexibility index (Phi) is 11.7. The molecule has 1 aliphatic rings. The van der Waals surface area contributed by atoms with E-state index in [0.717, 1.165) is 23.1 Å². The maximum Gasteiger partial charge on any atom is 0.338 e. The molecule has 0 saturated heterocycles. The average Bonchev–Trinajstić information content (AvgIpc) is 3.19. The molecule has 0 spiro atoms. The third-order valence-corrected chi connectivity index (χ3v) is 14.5. The molecule has 1 N–H and O–H groups in total. The molecule has 0 bridgehead atoms. The molecule has 0 amide bonds. The van der Waals surface area contributed by atoms with Crippen LogP contribution in [0.15, 0.2) is 194 Å². The Bertz CT molecular complexity index is 2100. The lowest BCUT2D eigenvalue weighted by molar-refractivity contribution is -0.0205. The number of benzene rings is 6. The Labute approximate surface area is 325 Å². The number of carbonyl (C=O) groups is 1. The third-order valence-electron chi connectivity index (χ3n) is 9.81. The smallest absolute Gasteiger partial charge is 0.338 e. The van der Waals surface area contributed by atoms with E-state index in [2.05, 4.69) is 141 Å². The van der Waals surface area contributed by atoms with Crippen LogP contribution < -0.4 is 4.74 Å². The number of rotatable bonds is 11. The number of ether oxygens (including phenoxy) is 2. The molecule has 4 atom stereocenters. The maximum atomic E-state index is 13.7. The van der Waals surface area contributed by atoms with Crippen molar-refractivity contribution in [2.24, 2.45) is 5.92 Å². The van der Waals surface area contributed by atoms with Gasteiger partial charge in [-0.25, -0.2) is 4.79 Å². The molecule has 0 aliphatic heterocycles. The zero-order chi connectivity index (χ0) is 37.6. The van der Waals surface area contributed by atoms with Crippen LogP contribution in [0.1, 0.15) is 53.6 Å². The van der Waals surface area contributed by atoms with Gasteiger partial charge in [0.05, 0.1) is 27.4 Å². The molecule has 4 nitrogen and oxygen atoms in total. The summed E-state index contributed by atoms with van der Waals surface area (Å²) in [5, 5.41) is 11.6. The van der Waals surface area contributed by atoms with E-state index in [9.17, 15) is 9.90 Å². The van der Waals surface area contributed by atoms with Gasteiger partial charge in [0.15, 0.2) is 24.5 Å². The van der Waals surface area contributed by atoms with E-state index >= 15 is 0 Å². The zero-order valence-electron chi connectivity index (χ0n) is 31.1. The van der Waals surface area contributed by atoms with Gasteiger partial charge < -0.3 is 14.6 Å². The standard InChI is InChI=1S/C48H46O4S2/c1-33-28-43(53(39-20-9-5-10-21-39)40-22-11-6-12-23-40)29-34(2)45(33)51-47(49)37-18-17-19-38(32-37)48(50)52-46-35(3)30-44(31-36(46)4)54(41-24-13-7-14-25-41)42-26-15-8-16-27-42/h5-30,32,36,44,46-47,49H,31H2,1-4H3/q+2. The molecule has 4 unspecified atom stereocenters. The van der Waals surface area contributed by atoms with E-state index in [1.165, 1.54) is 24.5 Å². The quantitative estimate of drug-likeness (QED) is 0.0620. The van der Waals surface area contributed by atoms with Crippen molar-refractivity contribution in [3.63, 3.8) is 0 Å². The minimum atomic E-state index is -1.27. The van der Waals surface area contributed by atoms with Crippen LogP contribution in [-0.2, 0) is 26.5 Å². The van der Waals surface area contributed by atoms with Crippen LogP contribution in [-0.4, -0.2) is 22.4 Å². The van der Waals surface area contributed by atoms with Crippen LogP contribution in [0.5, 0.6) is 5.75 Å². The molecule has 7 rings (SSSR count). The Morgan fingerprint density at radius 1 is 0.648 bits per heavy atom. The Morgan fingerprint density at radius 2 is 1.15 bits per heavy atom. The fraction of sp³-hybridized carbons (Fsp3) is 0.188. The minimum absolute atomic E-state index is 0.126. The van der Waals surface area contributed by atoms with E-state index < -0.39 is 12.3 Å². The van der Waals surface area contributed by atoms with E-state index in [-0.39, 0.29) is 33.8 Å².